The Balaban J connectivity index is 1.76. The van der Waals surface area contributed by atoms with Crippen molar-refractivity contribution in [3.63, 3.8) is 0 Å². The van der Waals surface area contributed by atoms with Gasteiger partial charge in [0.1, 0.15) is 11.6 Å². The molecule has 3 nitrogen and oxygen atoms in total. The van der Waals surface area contributed by atoms with Crippen molar-refractivity contribution in [3.05, 3.63) is 83.8 Å². The molecular formula is C20H13F2N3. The van der Waals surface area contributed by atoms with Gasteiger partial charge < -0.3 is 0 Å². The van der Waals surface area contributed by atoms with Crippen LogP contribution < -0.4 is 0 Å². The third-order valence-corrected chi connectivity index (χ3v) is 3.89. The van der Waals surface area contributed by atoms with Gasteiger partial charge in [0.05, 0.1) is 16.9 Å². The molecule has 0 aliphatic rings. The average molecular weight is 333 g/mol. The van der Waals surface area contributed by atoms with E-state index in [9.17, 15) is 8.78 Å². The first kappa shape index (κ1) is 15.2. The van der Waals surface area contributed by atoms with E-state index in [0.29, 0.717) is 5.56 Å². The second-order valence-electron chi connectivity index (χ2n) is 5.62. The molecule has 2 heterocycles. The molecule has 0 atom stereocenters. The summed E-state index contributed by atoms with van der Waals surface area (Å²) >= 11 is 0. The number of hydrogen-bond donors (Lipinski definition) is 1. The fourth-order valence-corrected chi connectivity index (χ4v) is 2.70. The molecule has 0 fully saturated rings. The molecular weight excluding hydrogens is 320 g/mol. The van der Waals surface area contributed by atoms with E-state index in [1.54, 1.807) is 12.3 Å². The summed E-state index contributed by atoms with van der Waals surface area (Å²) in [6.07, 6.45) is 5.48. The first-order valence-corrected chi connectivity index (χ1v) is 7.73. The number of benzene rings is 2. The molecule has 1 N–H and O–H groups in total. The van der Waals surface area contributed by atoms with Crippen LogP contribution in [0.5, 0.6) is 0 Å². The number of H-pyrrole nitrogens is 1. The number of nitrogens with one attached hydrogen (secondary N) is 1. The molecule has 2 aromatic heterocycles. The monoisotopic (exact) mass is 333 g/mol. The highest BCUT2D eigenvalue weighted by Crippen LogP contribution is 2.27. The van der Waals surface area contributed by atoms with Gasteiger partial charge in [0, 0.05) is 17.6 Å². The summed E-state index contributed by atoms with van der Waals surface area (Å²) < 4.78 is 27.0. The van der Waals surface area contributed by atoms with Gasteiger partial charge in [-0.25, -0.2) is 8.78 Å². The van der Waals surface area contributed by atoms with E-state index in [0.717, 1.165) is 33.9 Å². The van der Waals surface area contributed by atoms with Crippen LogP contribution in [0.4, 0.5) is 8.78 Å². The van der Waals surface area contributed by atoms with E-state index in [1.165, 1.54) is 12.1 Å². The molecule has 0 spiro atoms. The van der Waals surface area contributed by atoms with Crippen LogP contribution in [0, 0.1) is 11.6 Å². The largest absolute Gasteiger partial charge is 0.277 e. The van der Waals surface area contributed by atoms with Crippen molar-refractivity contribution in [1.82, 2.24) is 15.2 Å². The minimum Gasteiger partial charge on any atom is -0.277 e. The van der Waals surface area contributed by atoms with Gasteiger partial charge in [0.25, 0.3) is 0 Å². The van der Waals surface area contributed by atoms with E-state index >= 15 is 0 Å². The summed E-state index contributed by atoms with van der Waals surface area (Å²) in [5.41, 5.74) is 3.62. The van der Waals surface area contributed by atoms with Crippen molar-refractivity contribution in [2.24, 2.45) is 0 Å². The Morgan fingerprint density at radius 1 is 0.840 bits per heavy atom. The molecule has 122 valence electrons. The molecule has 4 aromatic rings. The van der Waals surface area contributed by atoms with Gasteiger partial charge >= 0.3 is 0 Å². The van der Waals surface area contributed by atoms with Crippen molar-refractivity contribution in [2.75, 3.05) is 0 Å². The van der Waals surface area contributed by atoms with Crippen LogP contribution in [0.15, 0.2) is 60.8 Å². The zero-order valence-electron chi connectivity index (χ0n) is 13.1. The van der Waals surface area contributed by atoms with Crippen LogP contribution in [0.2, 0.25) is 0 Å². The first-order valence-electron chi connectivity index (χ1n) is 7.73. The van der Waals surface area contributed by atoms with Crippen molar-refractivity contribution >= 4 is 23.1 Å². The van der Waals surface area contributed by atoms with Gasteiger partial charge in [0.2, 0.25) is 0 Å². The van der Waals surface area contributed by atoms with Crippen LogP contribution in [-0.2, 0) is 0 Å². The topological polar surface area (TPSA) is 41.6 Å². The summed E-state index contributed by atoms with van der Waals surface area (Å²) in [5.74, 6) is -1.20. The van der Waals surface area contributed by atoms with Gasteiger partial charge in [-0.2, -0.15) is 5.10 Å². The van der Waals surface area contributed by atoms with E-state index in [4.69, 9.17) is 0 Å². The maximum atomic E-state index is 13.5. The average Bonchev–Trinajstić information content (AvgIpc) is 3.02. The summed E-state index contributed by atoms with van der Waals surface area (Å²) in [7, 11) is 0. The van der Waals surface area contributed by atoms with Crippen molar-refractivity contribution in [3.8, 4) is 11.1 Å². The maximum Gasteiger partial charge on any atom is 0.126 e. The standard InChI is InChI=1S/C20H13F2N3/c21-15-9-14(10-16(22)12-15)13-4-6-19-18(11-13)20(25-24-19)7-5-17-3-1-2-8-23-17/h1-12H,(H,24,25). The zero-order chi connectivity index (χ0) is 17.2. The maximum absolute atomic E-state index is 13.5. The Labute approximate surface area is 142 Å². The molecule has 0 unspecified atom stereocenters. The van der Waals surface area contributed by atoms with Crippen LogP contribution in [0.1, 0.15) is 11.4 Å². The molecule has 2 aromatic carbocycles. The normalized spacial score (nSPS) is 11.4. The lowest BCUT2D eigenvalue weighted by Crippen LogP contribution is -1.84. The molecule has 4 rings (SSSR count). The Morgan fingerprint density at radius 3 is 2.44 bits per heavy atom. The predicted octanol–water partition coefficient (Wildman–Crippen LogP) is 5.07. The van der Waals surface area contributed by atoms with Crippen LogP contribution in [-0.4, -0.2) is 15.2 Å². The Bertz CT molecular complexity index is 1050. The number of halogens is 2. The van der Waals surface area contributed by atoms with Gasteiger partial charge in [-0.3, -0.25) is 10.1 Å². The van der Waals surface area contributed by atoms with Gasteiger partial charge in [-0.05, 0) is 59.7 Å². The molecule has 0 aliphatic heterocycles. The summed E-state index contributed by atoms with van der Waals surface area (Å²) in [4.78, 5) is 4.24. The van der Waals surface area contributed by atoms with E-state index < -0.39 is 11.6 Å². The molecule has 0 amide bonds. The molecule has 0 bridgehead atoms. The summed E-state index contributed by atoms with van der Waals surface area (Å²) in [5, 5.41) is 8.10. The van der Waals surface area contributed by atoms with Crippen molar-refractivity contribution < 1.29 is 8.78 Å². The van der Waals surface area contributed by atoms with Gasteiger partial charge in [-0.15, -0.1) is 0 Å². The molecule has 0 saturated carbocycles. The van der Waals surface area contributed by atoms with Crippen LogP contribution in [0.3, 0.4) is 0 Å². The van der Waals surface area contributed by atoms with E-state index in [1.807, 2.05) is 42.5 Å². The van der Waals surface area contributed by atoms with Gasteiger partial charge in [-0.1, -0.05) is 12.1 Å². The van der Waals surface area contributed by atoms with Gasteiger partial charge in [0.15, 0.2) is 0 Å². The van der Waals surface area contributed by atoms with Crippen LogP contribution in [0.25, 0.3) is 34.2 Å². The minimum absolute atomic E-state index is 0.486. The minimum atomic E-state index is -0.599. The summed E-state index contributed by atoms with van der Waals surface area (Å²) in [6, 6.07) is 14.6. The van der Waals surface area contributed by atoms with Crippen molar-refractivity contribution in [1.29, 1.82) is 0 Å². The number of nitrogens with zero attached hydrogens (tertiary/aromatic N) is 2. The fourth-order valence-electron chi connectivity index (χ4n) is 2.70. The molecule has 0 aliphatic carbocycles. The first-order chi connectivity index (χ1) is 12.2. The third-order valence-electron chi connectivity index (χ3n) is 3.89. The Hall–Kier alpha value is -3.34. The van der Waals surface area contributed by atoms with Crippen LogP contribution >= 0.6 is 0 Å². The zero-order valence-corrected chi connectivity index (χ0v) is 13.1. The van der Waals surface area contributed by atoms with E-state index in [-0.39, 0.29) is 0 Å². The highest BCUT2D eigenvalue weighted by atomic mass is 19.1. The Morgan fingerprint density at radius 2 is 1.68 bits per heavy atom. The molecule has 0 saturated heterocycles. The SMILES string of the molecule is Fc1cc(F)cc(-c2ccc3n[nH]c(C=Cc4ccccn4)c3c2)c1. The quantitative estimate of drug-likeness (QED) is 0.568. The summed E-state index contributed by atoms with van der Waals surface area (Å²) in [6.45, 7) is 0. The number of rotatable bonds is 3. The second-order valence-corrected chi connectivity index (χ2v) is 5.62. The third kappa shape index (κ3) is 3.17. The molecule has 5 heteroatoms. The lowest BCUT2D eigenvalue weighted by Gasteiger charge is -2.03. The second kappa shape index (κ2) is 6.28. The fraction of sp³-hybridized carbons (Fsp3) is 0. The van der Waals surface area contributed by atoms with E-state index in [2.05, 4.69) is 15.2 Å². The number of hydrogen-bond acceptors (Lipinski definition) is 2. The lowest BCUT2D eigenvalue weighted by atomic mass is 10.0. The lowest BCUT2D eigenvalue weighted by molar-refractivity contribution is 0.584. The predicted molar refractivity (Wildman–Crippen MR) is 94.6 cm³/mol. The number of aromatic nitrogens is 3. The number of aromatic amines is 1. The highest BCUT2D eigenvalue weighted by Gasteiger charge is 2.08. The molecule has 0 radical (unpaired) electrons. The Kier molecular flexibility index (Phi) is 3.82. The highest BCUT2D eigenvalue weighted by molar-refractivity contribution is 5.92. The smallest absolute Gasteiger partial charge is 0.126 e. The number of fused-ring (bicyclic) bond motifs is 1. The van der Waals surface area contributed by atoms with Crippen molar-refractivity contribution in [2.45, 2.75) is 0 Å². The molecule has 25 heavy (non-hydrogen) atoms. The number of pyridine rings is 1.